The number of para-hydroxylation sites is 1. The largest absolute Gasteiger partial charge is 0.493 e. The topological polar surface area (TPSA) is 142 Å². The maximum Gasteiger partial charge on any atom is 0.318 e. The number of nitro groups is 2. The van der Waals surface area contributed by atoms with Crippen molar-refractivity contribution in [1.82, 2.24) is 4.90 Å². The first-order chi connectivity index (χ1) is 17.7. The maximum absolute atomic E-state index is 13.1. The number of amides is 2. The molecule has 1 saturated heterocycles. The summed E-state index contributed by atoms with van der Waals surface area (Å²) < 4.78 is 11.2. The van der Waals surface area contributed by atoms with Crippen molar-refractivity contribution >= 4 is 40.4 Å². The lowest BCUT2D eigenvalue weighted by atomic mass is 10.1. The number of ether oxygens (including phenoxy) is 2. The van der Waals surface area contributed by atoms with E-state index in [4.69, 9.17) is 9.47 Å². The molecule has 0 radical (unpaired) electrons. The molecule has 12 heteroatoms. The highest BCUT2D eigenvalue weighted by Gasteiger charge is 2.35. The molecule has 1 heterocycles. The number of hydrogen-bond acceptors (Lipinski definition) is 9. The highest BCUT2D eigenvalue weighted by Crippen LogP contribution is 2.42. The van der Waals surface area contributed by atoms with E-state index < -0.39 is 32.4 Å². The van der Waals surface area contributed by atoms with E-state index in [1.807, 2.05) is 31.2 Å². The minimum atomic E-state index is -0.797. The van der Waals surface area contributed by atoms with Crippen molar-refractivity contribution in [3.63, 3.8) is 0 Å². The van der Waals surface area contributed by atoms with Crippen molar-refractivity contribution in [2.75, 3.05) is 7.11 Å². The van der Waals surface area contributed by atoms with Crippen LogP contribution in [0.25, 0.3) is 6.08 Å². The molecule has 3 aromatic rings. The molecule has 1 fully saturated rings. The summed E-state index contributed by atoms with van der Waals surface area (Å²) in [6, 6.07) is 15.2. The van der Waals surface area contributed by atoms with E-state index in [0.29, 0.717) is 5.56 Å². The van der Waals surface area contributed by atoms with Gasteiger partial charge in [-0.3, -0.25) is 34.7 Å². The van der Waals surface area contributed by atoms with Crippen LogP contribution in [0.4, 0.5) is 16.2 Å². The van der Waals surface area contributed by atoms with Crippen LogP contribution >= 0.6 is 11.8 Å². The fourth-order valence-electron chi connectivity index (χ4n) is 3.61. The Kier molecular flexibility index (Phi) is 7.20. The molecule has 0 aliphatic carbocycles. The van der Waals surface area contributed by atoms with E-state index in [2.05, 4.69) is 0 Å². The number of carbonyl (C=O) groups excluding carboxylic acids is 2. The number of carbonyl (C=O) groups is 2. The third-order valence-electron chi connectivity index (χ3n) is 5.54. The van der Waals surface area contributed by atoms with Gasteiger partial charge in [0.25, 0.3) is 16.8 Å². The molecule has 4 rings (SSSR count). The van der Waals surface area contributed by atoms with Gasteiger partial charge in [-0.1, -0.05) is 36.4 Å². The molecule has 3 aromatic carbocycles. The fourth-order valence-corrected chi connectivity index (χ4v) is 4.44. The Morgan fingerprint density at radius 3 is 2.41 bits per heavy atom. The first kappa shape index (κ1) is 25.4. The van der Waals surface area contributed by atoms with Gasteiger partial charge in [0.1, 0.15) is 0 Å². The van der Waals surface area contributed by atoms with E-state index in [1.165, 1.54) is 13.2 Å². The van der Waals surface area contributed by atoms with Gasteiger partial charge in [-0.25, -0.2) is 0 Å². The fraction of sp³-hybridized carbons (Fsp3) is 0.120. The van der Waals surface area contributed by atoms with Crippen LogP contribution in [0.3, 0.4) is 0 Å². The molecule has 0 saturated carbocycles. The highest BCUT2D eigenvalue weighted by molar-refractivity contribution is 8.18. The smallest absolute Gasteiger partial charge is 0.318 e. The van der Waals surface area contributed by atoms with Gasteiger partial charge in [-0.05, 0) is 48.0 Å². The number of non-ortho nitro benzene ring substituents is 1. The summed E-state index contributed by atoms with van der Waals surface area (Å²) in [5, 5.41) is 22.2. The van der Waals surface area contributed by atoms with Crippen LogP contribution in [-0.2, 0) is 11.3 Å². The van der Waals surface area contributed by atoms with E-state index in [9.17, 15) is 29.8 Å². The predicted octanol–water partition coefficient (Wildman–Crippen LogP) is 5.85. The SMILES string of the molecule is COc1cccc(/C=C2\SC(=O)N(Cc3ccccc3C)C2=O)c1Oc1ccc([N+](=O)[O-])cc1[N+](=O)[O-]. The molecule has 0 spiro atoms. The van der Waals surface area contributed by atoms with Gasteiger partial charge in [0.2, 0.25) is 5.75 Å². The van der Waals surface area contributed by atoms with Crippen LogP contribution in [0.15, 0.2) is 65.6 Å². The van der Waals surface area contributed by atoms with Crippen molar-refractivity contribution in [2.24, 2.45) is 0 Å². The molecule has 1 aliphatic heterocycles. The van der Waals surface area contributed by atoms with Crippen molar-refractivity contribution < 1.29 is 28.9 Å². The molecule has 11 nitrogen and oxygen atoms in total. The van der Waals surface area contributed by atoms with E-state index in [0.717, 1.165) is 46.0 Å². The molecule has 0 bridgehead atoms. The Morgan fingerprint density at radius 2 is 1.73 bits per heavy atom. The average molecular weight is 522 g/mol. The van der Waals surface area contributed by atoms with Crippen LogP contribution in [0.1, 0.15) is 16.7 Å². The van der Waals surface area contributed by atoms with Crippen molar-refractivity contribution in [3.8, 4) is 17.2 Å². The minimum Gasteiger partial charge on any atom is -0.493 e. The van der Waals surface area contributed by atoms with Crippen molar-refractivity contribution in [1.29, 1.82) is 0 Å². The van der Waals surface area contributed by atoms with E-state index in [1.54, 1.807) is 18.2 Å². The van der Waals surface area contributed by atoms with Crippen LogP contribution in [-0.4, -0.2) is 33.0 Å². The third-order valence-corrected chi connectivity index (χ3v) is 6.45. The number of benzene rings is 3. The molecule has 0 atom stereocenters. The summed E-state index contributed by atoms with van der Waals surface area (Å²) in [5.41, 5.74) is 1.00. The zero-order chi connectivity index (χ0) is 26.7. The van der Waals surface area contributed by atoms with Gasteiger partial charge in [0.15, 0.2) is 11.5 Å². The van der Waals surface area contributed by atoms with Gasteiger partial charge in [-0.15, -0.1) is 0 Å². The van der Waals surface area contributed by atoms with Gasteiger partial charge < -0.3 is 9.47 Å². The Hall–Kier alpha value is -4.71. The minimum absolute atomic E-state index is 0.0349. The molecule has 188 valence electrons. The summed E-state index contributed by atoms with van der Waals surface area (Å²) >= 11 is 0.762. The van der Waals surface area contributed by atoms with Crippen molar-refractivity contribution in [3.05, 3.63) is 102 Å². The highest BCUT2D eigenvalue weighted by atomic mass is 32.2. The standard InChI is InChI=1S/C25H19N3O8S/c1-15-6-3-4-7-17(15)14-26-24(29)22(37-25(26)30)12-16-8-5-9-21(35-2)23(16)36-20-11-10-18(27(31)32)13-19(20)28(33)34/h3-13H,14H2,1-2H3/b22-12-. The Bertz CT molecular complexity index is 1470. The van der Waals surface area contributed by atoms with Crippen LogP contribution in [0, 0.1) is 27.2 Å². The number of imide groups is 1. The second-order valence-corrected chi connectivity index (χ2v) is 8.83. The van der Waals surface area contributed by atoms with Gasteiger partial charge in [-0.2, -0.15) is 0 Å². The average Bonchev–Trinajstić information content (AvgIpc) is 3.13. The number of nitro benzene ring substituents is 2. The number of aryl methyl sites for hydroxylation is 1. The molecule has 0 N–H and O–H groups in total. The Labute approximate surface area is 214 Å². The zero-order valence-corrected chi connectivity index (χ0v) is 20.4. The van der Waals surface area contributed by atoms with Gasteiger partial charge in [0, 0.05) is 11.6 Å². The summed E-state index contributed by atoms with van der Waals surface area (Å²) in [6.45, 7) is 2.01. The molecule has 0 unspecified atom stereocenters. The summed E-state index contributed by atoms with van der Waals surface area (Å²) in [7, 11) is 1.37. The zero-order valence-electron chi connectivity index (χ0n) is 19.6. The molecule has 37 heavy (non-hydrogen) atoms. The van der Waals surface area contributed by atoms with Gasteiger partial charge in [0.05, 0.1) is 34.5 Å². The monoisotopic (exact) mass is 521 g/mol. The van der Waals surface area contributed by atoms with Crippen LogP contribution < -0.4 is 9.47 Å². The normalized spacial score (nSPS) is 14.2. The first-order valence-corrected chi connectivity index (χ1v) is 11.6. The summed E-state index contributed by atoms with van der Waals surface area (Å²) in [5.74, 6) is -0.524. The Morgan fingerprint density at radius 1 is 0.973 bits per heavy atom. The number of rotatable bonds is 8. The predicted molar refractivity (Wildman–Crippen MR) is 136 cm³/mol. The molecule has 1 aliphatic rings. The molecule has 2 amide bonds. The first-order valence-electron chi connectivity index (χ1n) is 10.8. The maximum atomic E-state index is 13.1. The lowest BCUT2D eigenvalue weighted by Gasteiger charge is -2.14. The quantitative estimate of drug-likeness (QED) is 0.203. The molecular weight excluding hydrogens is 502 g/mol. The number of thioether (sulfide) groups is 1. The van der Waals surface area contributed by atoms with E-state index >= 15 is 0 Å². The summed E-state index contributed by atoms with van der Waals surface area (Å²) in [6.07, 6.45) is 1.44. The van der Waals surface area contributed by atoms with E-state index in [-0.39, 0.29) is 28.7 Å². The molecule has 0 aromatic heterocycles. The second-order valence-electron chi connectivity index (χ2n) is 7.84. The molecular formula is C25H19N3O8S. The Balaban J connectivity index is 1.70. The second kappa shape index (κ2) is 10.5. The number of nitrogens with zero attached hydrogens (tertiary/aromatic N) is 3. The van der Waals surface area contributed by atoms with Crippen molar-refractivity contribution in [2.45, 2.75) is 13.5 Å². The lowest BCUT2D eigenvalue weighted by Crippen LogP contribution is -2.27. The van der Waals surface area contributed by atoms with Crippen LogP contribution in [0.5, 0.6) is 17.2 Å². The van der Waals surface area contributed by atoms with Crippen LogP contribution in [0.2, 0.25) is 0 Å². The lowest BCUT2D eigenvalue weighted by molar-refractivity contribution is -0.394. The third kappa shape index (κ3) is 5.28. The number of hydrogen-bond donors (Lipinski definition) is 0. The number of methoxy groups -OCH3 is 1. The van der Waals surface area contributed by atoms with Gasteiger partial charge >= 0.3 is 5.69 Å². The summed E-state index contributed by atoms with van der Waals surface area (Å²) in [4.78, 5) is 48.1.